The summed E-state index contributed by atoms with van der Waals surface area (Å²) in [5, 5.41) is 14.2. The first-order chi connectivity index (χ1) is 8.47. The van der Waals surface area contributed by atoms with Crippen molar-refractivity contribution >= 4 is 11.8 Å². The van der Waals surface area contributed by atoms with Gasteiger partial charge < -0.3 is 10.2 Å². The first-order valence-electron chi connectivity index (χ1n) is 5.78. The van der Waals surface area contributed by atoms with Crippen LogP contribution in [0, 0.1) is 5.92 Å². The maximum Gasteiger partial charge on any atom is 0.246 e. The standard InChI is InChI=1S/C10H16N6O2/c1-6(2)9-10(18)16(5-8(17)11-9)4-7-12-14-15(3)13-7/h6,9H,4-5H2,1-3H3,(H,11,17). The molecule has 0 aromatic carbocycles. The van der Waals surface area contributed by atoms with E-state index in [-0.39, 0.29) is 30.8 Å². The minimum Gasteiger partial charge on any atom is -0.343 e. The summed E-state index contributed by atoms with van der Waals surface area (Å²) in [4.78, 5) is 26.5. The first-order valence-corrected chi connectivity index (χ1v) is 5.78. The van der Waals surface area contributed by atoms with Crippen molar-refractivity contribution in [2.75, 3.05) is 6.54 Å². The highest BCUT2D eigenvalue weighted by atomic mass is 16.2. The summed E-state index contributed by atoms with van der Waals surface area (Å²) in [6.07, 6.45) is 0. The van der Waals surface area contributed by atoms with E-state index >= 15 is 0 Å². The molecule has 1 aliphatic rings. The van der Waals surface area contributed by atoms with Crippen LogP contribution in [0.1, 0.15) is 19.7 Å². The molecule has 2 rings (SSSR count). The van der Waals surface area contributed by atoms with Gasteiger partial charge in [0.15, 0.2) is 5.82 Å². The number of carbonyl (C=O) groups excluding carboxylic acids is 2. The summed E-state index contributed by atoms with van der Waals surface area (Å²) >= 11 is 0. The van der Waals surface area contributed by atoms with Gasteiger partial charge in [0.05, 0.1) is 13.6 Å². The number of nitrogens with zero attached hydrogens (tertiary/aromatic N) is 5. The molecule has 8 heteroatoms. The summed E-state index contributed by atoms with van der Waals surface area (Å²) in [7, 11) is 1.65. The van der Waals surface area contributed by atoms with E-state index in [0.29, 0.717) is 5.82 Å². The Labute approximate surface area is 104 Å². The third-order valence-electron chi connectivity index (χ3n) is 2.78. The molecule has 18 heavy (non-hydrogen) atoms. The van der Waals surface area contributed by atoms with Crippen LogP contribution in [0.2, 0.25) is 0 Å². The van der Waals surface area contributed by atoms with E-state index in [1.165, 1.54) is 9.70 Å². The van der Waals surface area contributed by atoms with Gasteiger partial charge in [0, 0.05) is 0 Å². The normalized spacial score (nSPS) is 20.4. The molecule has 2 heterocycles. The Balaban J connectivity index is 2.11. The smallest absolute Gasteiger partial charge is 0.246 e. The summed E-state index contributed by atoms with van der Waals surface area (Å²) in [5.41, 5.74) is 0. The minimum absolute atomic E-state index is 0.0420. The fourth-order valence-corrected chi connectivity index (χ4v) is 1.87. The molecule has 1 aromatic rings. The maximum atomic E-state index is 12.2. The third-order valence-corrected chi connectivity index (χ3v) is 2.78. The van der Waals surface area contributed by atoms with Crippen molar-refractivity contribution in [2.45, 2.75) is 26.4 Å². The fraction of sp³-hybridized carbons (Fsp3) is 0.700. The average molecular weight is 252 g/mol. The highest BCUT2D eigenvalue weighted by Crippen LogP contribution is 2.12. The van der Waals surface area contributed by atoms with Crippen molar-refractivity contribution in [3.63, 3.8) is 0 Å². The molecule has 2 amide bonds. The van der Waals surface area contributed by atoms with Gasteiger partial charge in [-0.05, 0) is 11.1 Å². The van der Waals surface area contributed by atoms with Gasteiger partial charge >= 0.3 is 0 Å². The zero-order chi connectivity index (χ0) is 13.3. The highest BCUT2D eigenvalue weighted by Gasteiger charge is 2.34. The second-order valence-electron chi connectivity index (χ2n) is 4.68. The van der Waals surface area contributed by atoms with E-state index in [1.54, 1.807) is 7.05 Å². The monoisotopic (exact) mass is 252 g/mol. The van der Waals surface area contributed by atoms with Crippen molar-refractivity contribution in [1.82, 2.24) is 30.4 Å². The lowest BCUT2D eigenvalue weighted by molar-refractivity contribution is -0.146. The van der Waals surface area contributed by atoms with Crippen LogP contribution in [-0.4, -0.2) is 49.5 Å². The van der Waals surface area contributed by atoms with Crippen molar-refractivity contribution < 1.29 is 9.59 Å². The molecule has 1 fully saturated rings. The molecule has 1 unspecified atom stereocenters. The number of nitrogens with one attached hydrogen (secondary N) is 1. The number of amides is 2. The Morgan fingerprint density at radius 3 is 2.72 bits per heavy atom. The van der Waals surface area contributed by atoms with E-state index in [1.807, 2.05) is 13.8 Å². The van der Waals surface area contributed by atoms with Crippen LogP contribution in [0.15, 0.2) is 0 Å². The SMILES string of the molecule is CC(C)C1NC(=O)CN(Cc2nnn(C)n2)C1=O. The van der Waals surface area contributed by atoms with Crippen LogP contribution in [0.3, 0.4) is 0 Å². The zero-order valence-corrected chi connectivity index (χ0v) is 10.6. The molecule has 0 saturated carbocycles. The number of aryl methyl sites for hydroxylation is 1. The first kappa shape index (κ1) is 12.5. The number of carbonyl (C=O) groups is 2. The Kier molecular flexibility index (Phi) is 3.26. The molecule has 0 bridgehead atoms. The zero-order valence-electron chi connectivity index (χ0n) is 10.6. The summed E-state index contributed by atoms with van der Waals surface area (Å²) < 4.78 is 0. The van der Waals surface area contributed by atoms with Gasteiger partial charge in [0.2, 0.25) is 11.8 Å². The average Bonchev–Trinajstić information content (AvgIpc) is 2.68. The molecular formula is C10H16N6O2. The quantitative estimate of drug-likeness (QED) is 0.721. The lowest BCUT2D eigenvalue weighted by Gasteiger charge is -2.33. The Morgan fingerprint density at radius 2 is 2.17 bits per heavy atom. The van der Waals surface area contributed by atoms with Crippen molar-refractivity contribution in [1.29, 1.82) is 0 Å². The van der Waals surface area contributed by atoms with E-state index < -0.39 is 6.04 Å². The number of hydrogen-bond acceptors (Lipinski definition) is 5. The molecule has 1 aliphatic heterocycles. The summed E-state index contributed by atoms with van der Waals surface area (Å²) in [6, 6.07) is -0.470. The second kappa shape index (κ2) is 4.71. The van der Waals surface area contributed by atoms with Gasteiger partial charge in [-0.25, -0.2) is 0 Å². The molecule has 0 radical (unpaired) electrons. The molecule has 8 nitrogen and oxygen atoms in total. The van der Waals surface area contributed by atoms with Crippen LogP contribution < -0.4 is 5.32 Å². The number of aromatic nitrogens is 4. The van der Waals surface area contributed by atoms with Gasteiger partial charge in [-0.1, -0.05) is 13.8 Å². The highest BCUT2D eigenvalue weighted by molar-refractivity contribution is 5.94. The largest absolute Gasteiger partial charge is 0.343 e. The number of tetrazole rings is 1. The molecule has 1 saturated heterocycles. The summed E-state index contributed by atoms with van der Waals surface area (Å²) in [5.74, 6) is 0.233. The van der Waals surface area contributed by atoms with Crippen molar-refractivity contribution in [2.24, 2.45) is 13.0 Å². The van der Waals surface area contributed by atoms with Crippen LogP contribution >= 0.6 is 0 Å². The van der Waals surface area contributed by atoms with Crippen molar-refractivity contribution in [3.8, 4) is 0 Å². The van der Waals surface area contributed by atoms with Gasteiger partial charge in [-0.2, -0.15) is 4.80 Å². The van der Waals surface area contributed by atoms with Crippen LogP contribution in [0.25, 0.3) is 0 Å². The van der Waals surface area contributed by atoms with Crippen LogP contribution in [0.5, 0.6) is 0 Å². The van der Waals surface area contributed by atoms with Gasteiger partial charge in [0.25, 0.3) is 0 Å². The molecule has 1 aromatic heterocycles. The lowest BCUT2D eigenvalue weighted by atomic mass is 10.0. The molecular weight excluding hydrogens is 236 g/mol. The van der Waals surface area contributed by atoms with E-state index in [9.17, 15) is 9.59 Å². The van der Waals surface area contributed by atoms with Crippen molar-refractivity contribution in [3.05, 3.63) is 5.82 Å². The molecule has 1 N–H and O–H groups in total. The predicted molar refractivity (Wildman–Crippen MR) is 61.0 cm³/mol. The molecule has 98 valence electrons. The Hall–Kier alpha value is -1.99. The van der Waals surface area contributed by atoms with Gasteiger partial charge in [0.1, 0.15) is 12.6 Å². The third kappa shape index (κ3) is 2.47. The fourth-order valence-electron chi connectivity index (χ4n) is 1.87. The van der Waals surface area contributed by atoms with E-state index in [2.05, 4.69) is 20.7 Å². The predicted octanol–water partition coefficient (Wildman–Crippen LogP) is -1.31. The minimum atomic E-state index is -0.470. The molecule has 1 atom stereocenters. The maximum absolute atomic E-state index is 12.2. The number of piperazine rings is 1. The van der Waals surface area contributed by atoms with E-state index in [4.69, 9.17) is 0 Å². The van der Waals surface area contributed by atoms with E-state index in [0.717, 1.165) is 0 Å². The second-order valence-corrected chi connectivity index (χ2v) is 4.68. The Morgan fingerprint density at radius 1 is 1.44 bits per heavy atom. The van der Waals surface area contributed by atoms with Gasteiger partial charge in [-0.3, -0.25) is 9.59 Å². The van der Waals surface area contributed by atoms with Crippen LogP contribution in [-0.2, 0) is 23.2 Å². The topological polar surface area (TPSA) is 93.0 Å². The number of rotatable bonds is 3. The Bertz CT molecular complexity index is 469. The molecule has 0 spiro atoms. The molecule has 0 aliphatic carbocycles. The van der Waals surface area contributed by atoms with Gasteiger partial charge in [-0.15, -0.1) is 10.2 Å². The van der Waals surface area contributed by atoms with Crippen LogP contribution in [0.4, 0.5) is 0 Å². The lowest BCUT2D eigenvalue weighted by Crippen LogP contribution is -2.59. The summed E-state index contributed by atoms with van der Waals surface area (Å²) in [6.45, 7) is 4.05. The number of hydrogen-bond donors (Lipinski definition) is 1.